The van der Waals surface area contributed by atoms with Gasteiger partial charge in [-0.2, -0.15) is 10.2 Å². The number of ether oxygens (including phenoxy) is 2. The summed E-state index contributed by atoms with van der Waals surface area (Å²) in [6.07, 6.45) is 5.55. The molecule has 0 saturated heterocycles. The van der Waals surface area contributed by atoms with Crippen LogP contribution >= 0.6 is 0 Å². The molecule has 0 N–H and O–H groups in total. The zero-order valence-electron chi connectivity index (χ0n) is 18.4. The molecule has 3 rings (SSSR count). The minimum Gasteiger partial charge on any atom is -0.493 e. The molecule has 5 nitrogen and oxygen atoms in total. The Kier molecular flexibility index (Phi) is 7.10. The molecule has 30 heavy (non-hydrogen) atoms. The van der Waals surface area contributed by atoms with Gasteiger partial charge in [0.1, 0.15) is 5.75 Å². The SMILES string of the molecule is CCOC(=O)CCCCc1cc(C#Cc2cc3c(cc2C)OCCC3(C)C)cnn1. The first-order valence-electron chi connectivity index (χ1n) is 10.7. The molecule has 5 heteroatoms. The summed E-state index contributed by atoms with van der Waals surface area (Å²) in [7, 11) is 0. The predicted octanol–water partition coefficient (Wildman–Crippen LogP) is 4.52. The first-order valence-corrected chi connectivity index (χ1v) is 10.7. The average Bonchev–Trinajstić information content (AvgIpc) is 2.70. The highest BCUT2D eigenvalue weighted by molar-refractivity contribution is 5.69. The summed E-state index contributed by atoms with van der Waals surface area (Å²) >= 11 is 0. The molecule has 1 aromatic heterocycles. The normalized spacial score (nSPS) is 14.1. The second-order valence-electron chi connectivity index (χ2n) is 8.34. The molecular formula is C25H30N2O3. The van der Waals surface area contributed by atoms with Crippen molar-refractivity contribution in [3.05, 3.63) is 52.3 Å². The number of aryl methyl sites for hydroxylation is 2. The molecule has 0 unspecified atom stereocenters. The third-order valence-corrected chi connectivity index (χ3v) is 5.46. The van der Waals surface area contributed by atoms with E-state index in [1.165, 1.54) is 5.56 Å². The molecule has 0 saturated carbocycles. The quantitative estimate of drug-likeness (QED) is 0.401. The molecule has 0 aliphatic carbocycles. The van der Waals surface area contributed by atoms with E-state index in [9.17, 15) is 4.79 Å². The number of aromatic nitrogens is 2. The van der Waals surface area contributed by atoms with Gasteiger partial charge in [0.25, 0.3) is 0 Å². The smallest absolute Gasteiger partial charge is 0.305 e. The first kappa shape index (κ1) is 21.8. The summed E-state index contributed by atoms with van der Waals surface area (Å²) in [6.45, 7) is 9.58. The third-order valence-electron chi connectivity index (χ3n) is 5.46. The molecule has 1 aliphatic rings. The van der Waals surface area contributed by atoms with E-state index in [1.54, 1.807) is 6.20 Å². The summed E-state index contributed by atoms with van der Waals surface area (Å²) in [6, 6.07) is 6.24. The van der Waals surface area contributed by atoms with Crippen LogP contribution in [-0.2, 0) is 21.4 Å². The maximum atomic E-state index is 11.4. The minimum absolute atomic E-state index is 0.0899. The zero-order valence-corrected chi connectivity index (χ0v) is 18.4. The number of carbonyl (C=O) groups is 1. The molecule has 1 aliphatic heterocycles. The van der Waals surface area contributed by atoms with Gasteiger partial charge in [-0.15, -0.1) is 0 Å². The second-order valence-corrected chi connectivity index (χ2v) is 8.34. The fourth-order valence-electron chi connectivity index (χ4n) is 3.56. The molecule has 1 aromatic carbocycles. The molecule has 0 fully saturated rings. The van der Waals surface area contributed by atoms with Crippen LogP contribution < -0.4 is 4.74 Å². The van der Waals surface area contributed by atoms with Gasteiger partial charge < -0.3 is 9.47 Å². The van der Waals surface area contributed by atoms with E-state index in [0.717, 1.165) is 60.4 Å². The van der Waals surface area contributed by atoms with Crippen molar-refractivity contribution in [2.24, 2.45) is 0 Å². The van der Waals surface area contributed by atoms with Crippen molar-refractivity contribution in [3.8, 4) is 17.6 Å². The largest absolute Gasteiger partial charge is 0.493 e. The average molecular weight is 407 g/mol. The van der Waals surface area contributed by atoms with Crippen molar-refractivity contribution in [1.29, 1.82) is 0 Å². The van der Waals surface area contributed by atoms with Gasteiger partial charge in [0.05, 0.1) is 25.1 Å². The number of esters is 1. The lowest BCUT2D eigenvalue weighted by molar-refractivity contribution is -0.143. The molecule has 0 amide bonds. The number of benzene rings is 1. The van der Waals surface area contributed by atoms with Crippen molar-refractivity contribution in [1.82, 2.24) is 10.2 Å². The van der Waals surface area contributed by atoms with Crippen molar-refractivity contribution >= 4 is 5.97 Å². The minimum atomic E-state index is -0.141. The highest BCUT2D eigenvalue weighted by Gasteiger charge is 2.29. The van der Waals surface area contributed by atoms with Crippen molar-refractivity contribution in [2.45, 2.75) is 65.2 Å². The Balaban J connectivity index is 1.68. The summed E-state index contributed by atoms with van der Waals surface area (Å²) in [5.74, 6) is 7.38. The summed E-state index contributed by atoms with van der Waals surface area (Å²) in [5.41, 5.74) is 5.17. The van der Waals surface area contributed by atoms with Gasteiger partial charge in [0.2, 0.25) is 0 Å². The highest BCUT2D eigenvalue weighted by Crippen LogP contribution is 2.39. The molecule has 0 atom stereocenters. The Labute approximate surface area is 179 Å². The number of hydrogen-bond donors (Lipinski definition) is 0. The number of rotatable bonds is 6. The predicted molar refractivity (Wildman–Crippen MR) is 117 cm³/mol. The fraction of sp³-hybridized carbons (Fsp3) is 0.480. The van der Waals surface area contributed by atoms with Crippen LogP contribution in [0.4, 0.5) is 0 Å². The Morgan fingerprint density at radius 3 is 2.87 bits per heavy atom. The molecule has 0 spiro atoms. The molecule has 2 aromatic rings. The topological polar surface area (TPSA) is 61.3 Å². The van der Waals surface area contributed by atoms with Gasteiger partial charge >= 0.3 is 5.97 Å². The second kappa shape index (κ2) is 9.75. The third kappa shape index (κ3) is 5.60. The maximum absolute atomic E-state index is 11.4. The zero-order chi connectivity index (χ0) is 21.6. The van der Waals surface area contributed by atoms with Crippen LogP contribution in [0.3, 0.4) is 0 Å². The van der Waals surface area contributed by atoms with Crippen molar-refractivity contribution < 1.29 is 14.3 Å². The van der Waals surface area contributed by atoms with Gasteiger partial charge in [-0.1, -0.05) is 25.7 Å². The molecule has 0 radical (unpaired) electrons. The molecule has 2 heterocycles. The fourth-order valence-corrected chi connectivity index (χ4v) is 3.56. The number of hydrogen-bond acceptors (Lipinski definition) is 5. The molecule has 0 bridgehead atoms. The number of unbranched alkanes of at least 4 members (excludes halogenated alkanes) is 1. The van der Waals surface area contributed by atoms with E-state index in [2.05, 4.69) is 54.9 Å². The molecule has 158 valence electrons. The first-order chi connectivity index (χ1) is 14.4. The van der Waals surface area contributed by atoms with E-state index in [-0.39, 0.29) is 11.4 Å². The van der Waals surface area contributed by atoms with Gasteiger partial charge in [-0.3, -0.25) is 4.79 Å². The highest BCUT2D eigenvalue weighted by atomic mass is 16.5. The standard InChI is InChI=1S/C25H30N2O3/c1-5-29-24(28)9-7-6-8-21-15-19(17-26-27-21)10-11-20-16-22-23(14-18(20)2)30-13-12-25(22,3)4/h14-17H,5-9,12-13H2,1-4H3. The van der Waals surface area contributed by atoms with Crippen LogP contribution in [-0.4, -0.2) is 29.4 Å². The Bertz CT molecular complexity index is 970. The van der Waals surface area contributed by atoms with E-state index in [0.29, 0.717) is 13.0 Å². The monoisotopic (exact) mass is 406 g/mol. The van der Waals surface area contributed by atoms with Crippen LogP contribution in [0.15, 0.2) is 24.4 Å². The van der Waals surface area contributed by atoms with Crippen LogP contribution in [0.25, 0.3) is 0 Å². The lowest BCUT2D eigenvalue weighted by atomic mass is 9.78. The van der Waals surface area contributed by atoms with Crippen LogP contribution in [0, 0.1) is 18.8 Å². The Morgan fingerprint density at radius 1 is 1.23 bits per heavy atom. The molecular weight excluding hydrogens is 376 g/mol. The van der Waals surface area contributed by atoms with E-state index < -0.39 is 0 Å². The van der Waals surface area contributed by atoms with E-state index in [1.807, 2.05) is 13.0 Å². The maximum Gasteiger partial charge on any atom is 0.305 e. The van der Waals surface area contributed by atoms with Crippen molar-refractivity contribution in [2.75, 3.05) is 13.2 Å². The van der Waals surface area contributed by atoms with Gasteiger partial charge in [0, 0.05) is 23.1 Å². The van der Waals surface area contributed by atoms with E-state index in [4.69, 9.17) is 9.47 Å². The number of fused-ring (bicyclic) bond motifs is 1. The van der Waals surface area contributed by atoms with Crippen LogP contribution in [0.2, 0.25) is 0 Å². The summed E-state index contributed by atoms with van der Waals surface area (Å²) in [5, 5.41) is 8.28. The lowest BCUT2D eigenvalue weighted by Gasteiger charge is -2.33. The van der Waals surface area contributed by atoms with Gasteiger partial charge in [-0.05, 0) is 68.7 Å². The summed E-state index contributed by atoms with van der Waals surface area (Å²) < 4.78 is 10.8. The number of nitrogens with zero attached hydrogens (tertiary/aromatic N) is 2. The number of carbonyl (C=O) groups excluding carboxylic acids is 1. The Morgan fingerprint density at radius 2 is 2.07 bits per heavy atom. The summed E-state index contributed by atoms with van der Waals surface area (Å²) in [4.78, 5) is 11.4. The Hall–Kier alpha value is -2.87. The van der Waals surface area contributed by atoms with Gasteiger partial charge in [0.15, 0.2) is 0 Å². The van der Waals surface area contributed by atoms with E-state index >= 15 is 0 Å². The van der Waals surface area contributed by atoms with Gasteiger partial charge in [-0.25, -0.2) is 0 Å². The lowest BCUT2D eigenvalue weighted by Crippen LogP contribution is -2.26. The van der Waals surface area contributed by atoms with Crippen molar-refractivity contribution in [3.63, 3.8) is 0 Å². The van der Waals surface area contributed by atoms with Crippen LogP contribution in [0.5, 0.6) is 5.75 Å². The van der Waals surface area contributed by atoms with Crippen LogP contribution in [0.1, 0.15) is 74.4 Å².